The molecule has 3 fully saturated rings. The zero-order chi connectivity index (χ0) is 25.8. The molecule has 7 rings (SSSR count). The van der Waals surface area contributed by atoms with E-state index in [1.54, 1.807) is 6.07 Å². The third-order valence-electron chi connectivity index (χ3n) is 9.27. The van der Waals surface area contributed by atoms with Crippen molar-refractivity contribution >= 4 is 28.1 Å². The normalized spacial score (nSPS) is 27.2. The van der Waals surface area contributed by atoms with Gasteiger partial charge in [0.05, 0.1) is 23.0 Å². The summed E-state index contributed by atoms with van der Waals surface area (Å²) in [5, 5.41) is 5.67. The van der Waals surface area contributed by atoms with E-state index in [2.05, 4.69) is 22.2 Å². The first-order valence-electron chi connectivity index (χ1n) is 14.1. The zero-order valence-electron chi connectivity index (χ0n) is 21.9. The van der Waals surface area contributed by atoms with E-state index in [-0.39, 0.29) is 10.8 Å². The highest BCUT2D eigenvalue weighted by atomic mass is 35.5. The molecule has 0 unspecified atom stereocenters. The van der Waals surface area contributed by atoms with Crippen molar-refractivity contribution in [2.24, 2.45) is 0 Å². The van der Waals surface area contributed by atoms with Gasteiger partial charge in [0.15, 0.2) is 0 Å². The lowest BCUT2D eigenvalue weighted by Crippen LogP contribution is -2.39. The SMILES string of the molecule is CN1CCC[C@H]1COc1nc2c(c([C@H]3C[C@H]4CC[C@@H](C3)N4)n1)CCN(c1cccc3ccc(F)c(Cl)c13)C2. The van der Waals surface area contributed by atoms with Crippen molar-refractivity contribution in [3.05, 3.63) is 58.1 Å². The summed E-state index contributed by atoms with van der Waals surface area (Å²) in [5.74, 6) is 0.0522. The molecule has 3 saturated heterocycles. The van der Waals surface area contributed by atoms with Crippen molar-refractivity contribution in [2.45, 2.75) is 75.5 Å². The molecule has 4 atom stereocenters. The quantitative estimate of drug-likeness (QED) is 0.468. The maximum atomic E-state index is 14.5. The van der Waals surface area contributed by atoms with Gasteiger partial charge in [0.1, 0.15) is 12.4 Å². The van der Waals surface area contributed by atoms with Crippen molar-refractivity contribution in [1.82, 2.24) is 20.2 Å². The molecular formula is C30H35ClFN5O. The number of rotatable bonds is 5. The predicted octanol–water partition coefficient (Wildman–Crippen LogP) is 5.46. The molecule has 0 amide bonds. The van der Waals surface area contributed by atoms with Crippen molar-refractivity contribution in [3.8, 4) is 6.01 Å². The largest absolute Gasteiger partial charge is 0.462 e. The predicted molar refractivity (Wildman–Crippen MR) is 149 cm³/mol. The second-order valence-electron chi connectivity index (χ2n) is 11.6. The molecule has 2 aromatic carbocycles. The maximum Gasteiger partial charge on any atom is 0.316 e. The van der Waals surface area contributed by atoms with Crippen LogP contribution in [0, 0.1) is 5.82 Å². The van der Waals surface area contributed by atoms with Gasteiger partial charge in [0, 0.05) is 41.7 Å². The Morgan fingerprint density at radius 1 is 1.08 bits per heavy atom. The van der Waals surface area contributed by atoms with Crippen LogP contribution >= 0.6 is 11.6 Å². The molecule has 4 aliphatic rings. The number of nitrogens with zero attached hydrogens (tertiary/aromatic N) is 4. The van der Waals surface area contributed by atoms with Crippen LogP contribution in [0.2, 0.25) is 5.02 Å². The molecule has 0 radical (unpaired) electrons. The molecule has 0 saturated carbocycles. The van der Waals surface area contributed by atoms with Gasteiger partial charge in [-0.3, -0.25) is 0 Å². The van der Waals surface area contributed by atoms with Crippen molar-refractivity contribution in [1.29, 1.82) is 0 Å². The number of anilines is 1. The van der Waals surface area contributed by atoms with Crippen LogP contribution < -0.4 is 15.0 Å². The molecule has 3 aromatic rings. The zero-order valence-corrected chi connectivity index (χ0v) is 22.7. The minimum atomic E-state index is -0.387. The summed E-state index contributed by atoms with van der Waals surface area (Å²) < 4.78 is 20.8. The van der Waals surface area contributed by atoms with E-state index in [0.717, 1.165) is 60.9 Å². The maximum absolute atomic E-state index is 14.5. The van der Waals surface area contributed by atoms with Gasteiger partial charge < -0.3 is 19.9 Å². The van der Waals surface area contributed by atoms with Crippen molar-refractivity contribution in [2.75, 3.05) is 31.6 Å². The second kappa shape index (κ2) is 9.92. The first kappa shape index (κ1) is 24.6. The molecule has 1 N–H and O–H groups in total. The lowest BCUT2D eigenvalue weighted by Gasteiger charge is -2.35. The van der Waals surface area contributed by atoms with Gasteiger partial charge in [0.25, 0.3) is 0 Å². The molecule has 5 heterocycles. The Morgan fingerprint density at radius 2 is 1.92 bits per heavy atom. The summed E-state index contributed by atoms with van der Waals surface area (Å²) in [6.07, 6.45) is 8.01. The Labute approximate surface area is 228 Å². The number of likely N-dealkylation sites (tertiary alicyclic amines) is 1. The van der Waals surface area contributed by atoms with Crippen molar-refractivity contribution in [3.63, 3.8) is 0 Å². The first-order valence-corrected chi connectivity index (χ1v) is 14.5. The Hall–Kier alpha value is -2.48. The number of hydrogen-bond donors (Lipinski definition) is 1. The number of hydrogen-bond acceptors (Lipinski definition) is 6. The third-order valence-corrected chi connectivity index (χ3v) is 9.64. The standard InChI is InChI=1S/C30H35ClFN5O/c1-36-12-3-5-22(36)17-38-30-34-25-16-37(26-6-2-4-18-7-10-24(32)28(31)27(18)26)13-11-23(25)29(35-30)19-14-20-8-9-21(15-19)33-20/h2,4,6-7,10,19-22,33H,3,5,8-9,11-17H2,1H3/t19-,20+,21-,22-/m0/s1. The van der Waals surface area contributed by atoms with Crippen LogP contribution in [0.5, 0.6) is 6.01 Å². The molecule has 4 aliphatic heterocycles. The first-order chi connectivity index (χ1) is 18.5. The molecule has 2 bridgehead atoms. The van der Waals surface area contributed by atoms with Gasteiger partial charge >= 0.3 is 6.01 Å². The fourth-order valence-corrected chi connectivity index (χ4v) is 7.51. The molecule has 8 heteroatoms. The van der Waals surface area contributed by atoms with E-state index in [4.69, 9.17) is 26.3 Å². The minimum absolute atomic E-state index is 0.183. The molecule has 1 aromatic heterocycles. The summed E-state index contributed by atoms with van der Waals surface area (Å²) in [4.78, 5) is 14.7. The van der Waals surface area contributed by atoms with Gasteiger partial charge in [0.2, 0.25) is 0 Å². The van der Waals surface area contributed by atoms with Crippen LogP contribution in [0.3, 0.4) is 0 Å². The molecule has 200 valence electrons. The van der Waals surface area contributed by atoms with E-state index in [9.17, 15) is 4.39 Å². The summed E-state index contributed by atoms with van der Waals surface area (Å²) in [6, 6.07) is 11.4. The molecule has 38 heavy (non-hydrogen) atoms. The number of nitrogens with one attached hydrogen (secondary N) is 1. The summed E-state index contributed by atoms with van der Waals surface area (Å²) in [6.45, 7) is 3.19. The number of aromatic nitrogens is 2. The van der Waals surface area contributed by atoms with Crippen LogP contribution in [0.15, 0.2) is 30.3 Å². The van der Waals surface area contributed by atoms with Crippen LogP contribution in [0.1, 0.15) is 61.4 Å². The van der Waals surface area contributed by atoms with Crippen LogP contribution in [0.4, 0.5) is 10.1 Å². The summed E-state index contributed by atoms with van der Waals surface area (Å²) in [7, 11) is 2.17. The van der Waals surface area contributed by atoms with Gasteiger partial charge in [-0.15, -0.1) is 0 Å². The number of likely N-dealkylation sites (N-methyl/N-ethyl adjacent to an activating group) is 1. The number of piperidine rings is 1. The molecule has 0 spiro atoms. The molecule has 6 nitrogen and oxygen atoms in total. The fraction of sp³-hybridized carbons (Fsp3) is 0.533. The molecular weight excluding hydrogens is 501 g/mol. The topological polar surface area (TPSA) is 53.5 Å². The molecule has 0 aliphatic carbocycles. The Balaban J connectivity index is 1.24. The lowest BCUT2D eigenvalue weighted by atomic mass is 9.85. The monoisotopic (exact) mass is 535 g/mol. The van der Waals surface area contributed by atoms with Crippen molar-refractivity contribution < 1.29 is 9.13 Å². The smallest absolute Gasteiger partial charge is 0.316 e. The van der Waals surface area contributed by atoms with E-state index < -0.39 is 0 Å². The number of halogens is 2. The summed E-state index contributed by atoms with van der Waals surface area (Å²) >= 11 is 6.49. The third kappa shape index (κ3) is 4.42. The van der Waals surface area contributed by atoms with Gasteiger partial charge in [-0.05, 0) is 81.6 Å². The summed E-state index contributed by atoms with van der Waals surface area (Å²) in [5.41, 5.74) is 4.47. The van der Waals surface area contributed by atoms with E-state index >= 15 is 0 Å². The van der Waals surface area contributed by atoms with Crippen LogP contribution in [-0.4, -0.2) is 59.7 Å². The van der Waals surface area contributed by atoms with Crippen LogP contribution in [0.25, 0.3) is 10.8 Å². The number of fused-ring (bicyclic) bond motifs is 4. The van der Waals surface area contributed by atoms with Gasteiger partial charge in [-0.25, -0.2) is 4.39 Å². The lowest BCUT2D eigenvalue weighted by molar-refractivity contribution is 0.186. The second-order valence-corrected chi connectivity index (χ2v) is 12.0. The van der Waals surface area contributed by atoms with E-state index in [1.807, 2.05) is 18.2 Å². The average Bonchev–Trinajstić information content (AvgIpc) is 3.51. The highest BCUT2D eigenvalue weighted by Gasteiger charge is 2.37. The van der Waals surface area contributed by atoms with E-state index in [1.165, 1.54) is 36.6 Å². The van der Waals surface area contributed by atoms with Gasteiger partial charge in [-0.1, -0.05) is 29.8 Å². The highest BCUT2D eigenvalue weighted by Crippen LogP contribution is 2.41. The Morgan fingerprint density at radius 3 is 2.71 bits per heavy atom. The Bertz CT molecular complexity index is 1360. The highest BCUT2D eigenvalue weighted by molar-refractivity contribution is 6.36. The van der Waals surface area contributed by atoms with E-state index in [0.29, 0.717) is 43.2 Å². The average molecular weight is 536 g/mol. The number of ether oxygens (including phenoxy) is 1. The Kier molecular flexibility index (Phi) is 6.41. The fourth-order valence-electron chi connectivity index (χ4n) is 7.24. The minimum Gasteiger partial charge on any atom is -0.462 e. The van der Waals surface area contributed by atoms with Crippen LogP contribution in [-0.2, 0) is 13.0 Å². The van der Waals surface area contributed by atoms with Gasteiger partial charge in [-0.2, -0.15) is 9.97 Å². The number of benzene rings is 2.